The molecule has 76 heavy (non-hydrogen) atoms. The van der Waals surface area contributed by atoms with Gasteiger partial charge in [0.15, 0.2) is 0 Å². The van der Waals surface area contributed by atoms with E-state index in [1.54, 1.807) is 13.0 Å². The van der Waals surface area contributed by atoms with Crippen molar-refractivity contribution >= 4 is 131 Å². The number of rotatable bonds is 15. The van der Waals surface area contributed by atoms with Crippen molar-refractivity contribution in [3.8, 4) is 0 Å². The zero-order valence-corrected chi connectivity index (χ0v) is 55.2. The number of Topliss-reactive ketones (excluding diaryl/α,β-unsaturated/α-hetero) is 1. The molecule has 0 saturated carbocycles. The number of nitrogens with one attached hydrogen (secondary N) is 4. The maximum atomic E-state index is 14.1. The van der Waals surface area contributed by atoms with E-state index in [-0.39, 0.29) is 194 Å². The van der Waals surface area contributed by atoms with Crippen molar-refractivity contribution in [2.45, 2.75) is 33.4 Å². The average molecular weight is 1200 g/mol. The first kappa shape index (κ1) is 69.9. The minimum atomic E-state index is -5.76. The molecule has 0 amide bonds. The molecule has 1 aromatic heterocycles. The predicted molar refractivity (Wildman–Crippen MR) is 245 cm³/mol. The topological polar surface area (TPSA) is 427 Å². The largest absolute Gasteiger partial charge is 1.00 e. The van der Waals surface area contributed by atoms with Crippen LogP contribution in [0.3, 0.4) is 0 Å². The van der Waals surface area contributed by atoms with Gasteiger partial charge >= 0.3 is 148 Å². The number of carbonyl (C=O) groups is 1. The minimum absolute atomic E-state index is 0. The van der Waals surface area contributed by atoms with E-state index >= 15 is 0 Å². The Labute approximate surface area is 549 Å². The normalized spacial score (nSPS) is 13.1. The number of ketones is 1. The van der Waals surface area contributed by atoms with Crippen molar-refractivity contribution in [1.29, 1.82) is 0 Å². The molecule has 370 valence electrons. The Kier molecular flexibility index (Phi) is 25.3. The maximum absolute atomic E-state index is 14.1. The summed E-state index contributed by atoms with van der Waals surface area (Å²) in [6, 6.07) is 17.2. The van der Waals surface area contributed by atoms with E-state index in [0.29, 0.717) is 29.5 Å². The van der Waals surface area contributed by atoms with Crippen LogP contribution < -0.4 is 169 Å². The van der Waals surface area contributed by atoms with Crippen molar-refractivity contribution in [3.05, 3.63) is 123 Å². The van der Waals surface area contributed by atoms with Crippen LogP contribution in [0, 0.1) is 13.8 Å². The number of aryl methyl sites for hydroxylation is 2. The van der Waals surface area contributed by atoms with Gasteiger partial charge in [0.1, 0.15) is 62.0 Å². The van der Waals surface area contributed by atoms with Crippen molar-refractivity contribution in [1.82, 2.24) is 15.0 Å². The molecule has 1 aliphatic rings. The molecule has 4 N–H and O–H groups in total. The molecule has 0 fully saturated rings. The van der Waals surface area contributed by atoms with Crippen LogP contribution in [0.5, 0.6) is 0 Å². The number of hydrogen-bond donors (Lipinski definition) is 4. The van der Waals surface area contributed by atoms with Gasteiger partial charge in [-0.05, 0) is 115 Å². The second-order valence-corrected chi connectivity index (χ2v) is 21.7. The summed E-state index contributed by atoms with van der Waals surface area (Å²) in [5.41, 5.74) is -1.78. The Morgan fingerprint density at radius 1 is 0.513 bits per heavy atom. The second-order valence-electron chi connectivity index (χ2n) is 14.6. The van der Waals surface area contributed by atoms with Crippen LogP contribution in [0.15, 0.2) is 131 Å². The molecule has 37 heteroatoms. The minimum Gasteiger partial charge on any atom is -0.744 e. The molecule has 1 heterocycles. The van der Waals surface area contributed by atoms with Crippen molar-refractivity contribution in [3.63, 3.8) is 0 Å². The summed E-state index contributed by atoms with van der Waals surface area (Å²) in [4.78, 5) is 20.5. The zero-order valence-electron chi connectivity index (χ0n) is 40.4. The zero-order chi connectivity index (χ0) is 52.0. The Morgan fingerprint density at radius 2 is 1.09 bits per heavy atom. The number of hydrogen-bond acceptors (Lipinski definition) is 26. The molecule has 26 nitrogen and oxygen atoms in total. The summed E-state index contributed by atoms with van der Waals surface area (Å²) in [6.07, 6.45) is 0.494. The van der Waals surface area contributed by atoms with Crippen LogP contribution in [-0.2, 0) is 50.6 Å². The smallest absolute Gasteiger partial charge is 0.744 e. The third-order valence-corrected chi connectivity index (χ3v) is 14.1. The number of aromatic nitrogens is 3. The summed E-state index contributed by atoms with van der Waals surface area (Å²) >= 11 is 6.09. The van der Waals surface area contributed by atoms with Gasteiger partial charge in [-0.15, -0.1) is 5.11 Å². The van der Waals surface area contributed by atoms with Crippen LogP contribution in [0.2, 0.25) is 5.28 Å². The van der Waals surface area contributed by atoms with Gasteiger partial charge in [0, 0.05) is 17.1 Å². The number of hydrazone groups is 1. The van der Waals surface area contributed by atoms with E-state index in [9.17, 15) is 69.6 Å². The monoisotopic (exact) mass is 1200 g/mol. The van der Waals surface area contributed by atoms with Gasteiger partial charge in [0.05, 0.1) is 47.1 Å². The van der Waals surface area contributed by atoms with E-state index in [4.69, 9.17) is 11.6 Å². The van der Waals surface area contributed by atoms with E-state index in [1.165, 1.54) is 55.5 Å². The van der Waals surface area contributed by atoms with Crippen molar-refractivity contribution in [2.75, 3.05) is 21.4 Å². The molecule has 0 unspecified atom stereocenters. The van der Waals surface area contributed by atoms with Gasteiger partial charge in [-0.25, -0.2) is 42.1 Å². The number of carbonyl (C=O) groups excluding carboxylic acids is 1. The molecule has 5 aromatic carbocycles. The molecule has 0 saturated heterocycles. The van der Waals surface area contributed by atoms with Crippen LogP contribution in [-0.4, -0.2) is 91.3 Å². The second kappa shape index (κ2) is 27.5. The summed E-state index contributed by atoms with van der Waals surface area (Å²) in [7, 11) is -27.2. The molecule has 1 aliphatic carbocycles. The summed E-state index contributed by atoms with van der Waals surface area (Å²) < 4.78 is 184. The molecule has 6 aromatic rings. The maximum Gasteiger partial charge on any atom is 1.00 e. The molecule has 7 rings (SSSR count). The van der Waals surface area contributed by atoms with E-state index in [2.05, 4.69) is 46.2 Å². The molecule has 0 bridgehead atoms. The van der Waals surface area contributed by atoms with Crippen molar-refractivity contribution < 1.29 is 217 Å². The molecule has 0 spiro atoms. The van der Waals surface area contributed by atoms with Gasteiger partial charge in [-0.3, -0.25) is 10.2 Å². The number of para-hydroxylation sites is 1. The van der Waals surface area contributed by atoms with Gasteiger partial charge in [-0.2, -0.15) is 25.2 Å². The van der Waals surface area contributed by atoms with E-state index in [1.807, 2.05) is 5.43 Å². The number of fused-ring (bicyclic) bond motifs is 1. The fourth-order valence-electron chi connectivity index (χ4n) is 6.49. The average Bonchev–Trinajstić information content (AvgIpc) is 3.25. The standard InChI is InChI=1S/C39H31ClN10O16S5.5Na/c1-19-12-27(20(2)11-26(19)43-39-45-37(40)44-38(46-39)42-23-9-6-10-24(15-23)67(52,53)54)47-48-28-17-32(70(61,62)63)29(18-31(28)69(58,59)60)49-50-35-33(71(64,65)66)14-21-13-25(68(55,56)57)16-30(34(21)36(35)51)41-22-7-4-3-5-8-22;;;;;/h3-18,41,49H,1-2H3,(H,52,53,54)(H,55,56,57)(H,58,59,60)(H,61,62,63)(H,64,65,66)(H2,42,43,44,45,46);;;;;/q;5*+1/p-5. The predicted octanol–water partition coefficient (Wildman–Crippen LogP) is -10.0. The Bertz CT molecular complexity index is 3940. The number of benzene rings is 5. The van der Waals surface area contributed by atoms with Crippen LogP contribution in [0.1, 0.15) is 27.0 Å². The van der Waals surface area contributed by atoms with Crippen LogP contribution in [0.4, 0.5) is 51.7 Å². The number of azo groups is 1. The SMILES string of the molecule is Cc1cc(Nc2nc(Cl)nc(Nc3cccc(S(=O)(=O)[O-])c3)n2)c(C)cc1N=Nc1cc(S(=O)(=O)[O-])c(NN=C2C(=O)c3c(cc(S(=O)(=O)[O-])cc3Nc3ccccc3)C=C2S(=O)(=O)[O-])cc1S(=O)(=O)[O-].[Na+].[Na+].[Na+].[Na+].[Na+]. The molecular formula is C39H26ClN10Na5O16S5. The number of allylic oxidation sites excluding steroid dienone is 1. The van der Waals surface area contributed by atoms with Gasteiger partial charge in [0.2, 0.25) is 23.0 Å². The third-order valence-electron chi connectivity index (χ3n) is 9.65. The van der Waals surface area contributed by atoms with Crippen LogP contribution >= 0.6 is 11.6 Å². The van der Waals surface area contributed by atoms with Crippen LogP contribution in [0.25, 0.3) is 6.08 Å². The van der Waals surface area contributed by atoms with Crippen molar-refractivity contribution in [2.24, 2.45) is 15.3 Å². The van der Waals surface area contributed by atoms with Gasteiger partial charge in [-0.1, -0.05) is 24.3 Å². The summed E-state index contributed by atoms with van der Waals surface area (Å²) in [5.74, 6) is -1.75. The Balaban J connectivity index is 0.00000395. The molecular weight excluding hydrogens is 1180 g/mol. The third kappa shape index (κ3) is 17.4. The van der Waals surface area contributed by atoms with E-state index < -0.39 is 115 Å². The fourth-order valence-corrected chi connectivity index (χ4v) is 9.59. The van der Waals surface area contributed by atoms with Gasteiger partial charge < -0.3 is 38.7 Å². The Hall–Kier alpha value is -2.17. The fraction of sp³-hybridized carbons (Fsp3) is 0.0513. The first-order chi connectivity index (χ1) is 32.9. The molecule has 0 aliphatic heterocycles. The molecule has 0 radical (unpaired) electrons. The van der Waals surface area contributed by atoms with E-state index in [0.717, 1.165) is 18.2 Å². The Morgan fingerprint density at radius 3 is 1.67 bits per heavy atom. The first-order valence-corrected chi connectivity index (χ1v) is 26.5. The summed E-state index contributed by atoms with van der Waals surface area (Å²) in [6.45, 7) is 3.05. The molecule has 0 atom stereocenters. The number of halogens is 1. The number of nitrogens with zero attached hydrogens (tertiary/aromatic N) is 6. The summed E-state index contributed by atoms with van der Waals surface area (Å²) in [5, 5.41) is 19.3. The van der Waals surface area contributed by atoms with Gasteiger partial charge in [0.25, 0.3) is 0 Å². The first-order valence-electron chi connectivity index (χ1n) is 19.1. The number of anilines is 7. The quantitative estimate of drug-likeness (QED) is 0.0321.